The lowest BCUT2D eigenvalue weighted by Gasteiger charge is -2.22. The molecule has 2 heterocycles. The fourth-order valence-electron chi connectivity index (χ4n) is 3.56. The van der Waals surface area contributed by atoms with Gasteiger partial charge in [-0.3, -0.25) is 9.59 Å². The molecule has 142 valence electrons. The first-order chi connectivity index (χ1) is 12.3. The van der Waals surface area contributed by atoms with Gasteiger partial charge in [-0.2, -0.15) is 0 Å². The van der Waals surface area contributed by atoms with Gasteiger partial charge in [-0.1, -0.05) is 0 Å². The molecule has 0 aromatic heterocycles. The lowest BCUT2D eigenvalue weighted by Crippen LogP contribution is -2.36. The molecule has 0 radical (unpaired) electrons. The highest BCUT2D eigenvalue weighted by Crippen LogP contribution is 2.32. The fraction of sp³-hybridized carbons (Fsp3) is 0.556. The summed E-state index contributed by atoms with van der Waals surface area (Å²) in [6, 6.07) is 3.77. The molecule has 7 nitrogen and oxygen atoms in total. The monoisotopic (exact) mass is 379 g/mol. The number of benzene rings is 1. The molecule has 0 spiro atoms. The Kier molecular flexibility index (Phi) is 5.34. The molecule has 1 aromatic rings. The van der Waals surface area contributed by atoms with Crippen LogP contribution in [0.5, 0.6) is 0 Å². The van der Waals surface area contributed by atoms with Crippen LogP contribution in [0.4, 0.5) is 0 Å². The maximum Gasteiger partial charge on any atom is 0.269 e. The molecule has 2 N–H and O–H groups in total. The van der Waals surface area contributed by atoms with Gasteiger partial charge >= 0.3 is 0 Å². The van der Waals surface area contributed by atoms with E-state index in [0.717, 1.165) is 36.7 Å². The first-order valence-electron chi connectivity index (χ1n) is 9.04. The molecule has 1 fully saturated rings. The summed E-state index contributed by atoms with van der Waals surface area (Å²) in [4.78, 5) is 24.6. The molecule has 2 aliphatic rings. The summed E-state index contributed by atoms with van der Waals surface area (Å²) < 4.78 is 26.1. The van der Waals surface area contributed by atoms with Crippen LogP contribution in [0.3, 0.4) is 0 Å². The highest BCUT2D eigenvalue weighted by molar-refractivity contribution is 7.90. The maximum absolute atomic E-state index is 12.6. The average Bonchev–Trinajstić information content (AvgIpc) is 2.81. The Morgan fingerprint density at radius 1 is 1.38 bits per heavy atom. The van der Waals surface area contributed by atoms with Gasteiger partial charge in [-0.25, -0.2) is 12.7 Å². The van der Waals surface area contributed by atoms with E-state index in [0.29, 0.717) is 12.5 Å². The molecule has 1 unspecified atom stereocenters. The van der Waals surface area contributed by atoms with Crippen LogP contribution in [0.1, 0.15) is 53.8 Å². The summed E-state index contributed by atoms with van der Waals surface area (Å²) in [5.74, 6) is -0.296. The summed E-state index contributed by atoms with van der Waals surface area (Å²) in [6.07, 6.45) is 3.20. The zero-order valence-corrected chi connectivity index (χ0v) is 15.9. The van der Waals surface area contributed by atoms with Gasteiger partial charge in [0.1, 0.15) is 4.90 Å². The molecule has 8 heteroatoms. The first-order valence-corrected chi connectivity index (χ1v) is 10.5. The zero-order valence-electron chi connectivity index (χ0n) is 15.1. The lowest BCUT2D eigenvalue weighted by molar-refractivity contribution is 0.0845. The van der Waals surface area contributed by atoms with E-state index < -0.39 is 22.0 Å². The summed E-state index contributed by atoms with van der Waals surface area (Å²) in [7, 11) is -3.89. The number of nitrogens with zero attached hydrogens (tertiary/aromatic N) is 1. The number of nitrogens with one attached hydrogen (secondary N) is 2. The van der Waals surface area contributed by atoms with Gasteiger partial charge in [0.25, 0.3) is 21.8 Å². The standard InChI is InChI=1S/C18H25N3O4S/c1-12(2)21-18(23)15-6-5-14(10-16(15)26(21,24)25)17(22)20-9-7-13-4-3-8-19-11-13/h5-6,10,12-13,19H,3-4,7-9,11H2,1-2H3,(H,20,22). The highest BCUT2D eigenvalue weighted by Gasteiger charge is 2.42. The van der Waals surface area contributed by atoms with Crippen LogP contribution >= 0.6 is 0 Å². The number of amides is 2. The van der Waals surface area contributed by atoms with Gasteiger partial charge in [-0.15, -0.1) is 0 Å². The van der Waals surface area contributed by atoms with Crippen molar-refractivity contribution in [3.8, 4) is 0 Å². The molecule has 1 atom stereocenters. The molecule has 1 saturated heterocycles. The number of carbonyl (C=O) groups excluding carboxylic acids is 2. The van der Waals surface area contributed by atoms with Crippen molar-refractivity contribution in [2.75, 3.05) is 19.6 Å². The van der Waals surface area contributed by atoms with E-state index in [-0.39, 0.29) is 21.9 Å². The summed E-state index contributed by atoms with van der Waals surface area (Å²) in [5.41, 5.74) is 0.385. The molecule has 2 aliphatic heterocycles. The van der Waals surface area contributed by atoms with E-state index in [2.05, 4.69) is 10.6 Å². The number of sulfonamides is 1. The molecule has 0 saturated carbocycles. The summed E-state index contributed by atoms with van der Waals surface area (Å²) >= 11 is 0. The second-order valence-electron chi connectivity index (χ2n) is 7.17. The Bertz CT molecular complexity index is 814. The Labute approximate surface area is 154 Å². The molecule has 2 amide bonds. The normalized spacial score (nSPS) is 21.7. The van der Waals surface area contributed by atoms with Crippen LogP contribution in [0.2, 0.25) is 0 Å². The van der Waals surface area contributed by atoms with Gasteiger partial charge in [0.2, 0.25) is 0 Å². The Morgan fingerprint density at radius 3 is 2.81 bits per heavy atom. The smallest absolute Gasteiger partial charge is 0.269 e. The predicted octanol–water partition coefficient (Wildman–Crippen LogP) is 1.36. The van der Waals surface area contributed by atoms with Crippen LogP contribution in [-0.2, 0) is 10.0 Å². The fourth-order valence-corrected chi connectivity index (χ4v) is 5.35. The number of piperidine rings is 1. The van der Waals surface area contributed by atoms with Crippen LogP contribution in [-0.4, -0.2) is 50.2 Å². The van der Waals surface area contributed by atoms with E-state index in [1.807, 2.05) is 0 Å². The van der Waals surface area contributed by atoms with E-state index in [1.54, 1.807) is 13.8 Å². The van der Waals surface area contributed by atoms with E-state index in [1.165, 1.54) is 18.2 Å². The zero-order chi connectivity index (χ0) is 18.9. The number of hydrogen-bond donors (Lipinski definition) is 2. The third-order valence-electron chi connectivity index (χ3n) is 4.92. The van der Waals surface area contributed by atoms with E-state index in [4.69, 9.17) is 0 Å². The van der Waals surface area contributed by atoms with Crippen molar-refractivity contribution < 1.29 is 18.0 Å². The summed E-state index contributed by atoms with van der Waals surface area (Å²) in [6.45, 7) is 5.87. The third-order valence-corrected chi connectivity index (χ3v) is 6.92. The number of hydrogen-bond acceptors (Lipinski definition) is 5. The molecule has 3 rings (SSSR count). The van der Waals surface area contributed by atoms with Gasteiger partial charge in [0.05, 0.1) is 5.56 Å². The quantitative estimate of drug-likeness (QED) is 0.805. The topological polar surface area (TPSA) is 95.6 Å². The largest absolute Gasteiger partial charge is 0.352 e. The van der Waals surface area contributed by atoms with Crippen molar-refractivity contribution in [2.45, 2.75) is 44.0 Å². The van der Waals surface area contributed by atoms with Crippen molar-refractivity contribution in [3.63, 3.8) is 0 Å². The minimum absolute atomic E-state index is 0.0830. The minimum atomic E-state index is -3.89. The van der Waals surface area contributed by atoms with Crippen molar-refractivity contribution in [1.82, 2.24) is 14.9 Å². The molecule has 0 bridgehead atoms. The van der Waals surface area contributed by atoms with Crippen molar-refractivity contribution in [3.05, 3.63) is 29.3 Å². The first kappa shape index (κ1) is 18.8. The van der Waals surface area contributed by atoms with Crippen molar-refractivity contribution in [2.24, 2.45) is 5.92 Å². The number of rotatable bonds is 5. The Morgan fingerprint density at radius 2 is 2.15 bits per heavy atom. The van der Waals surface area contributed by atoms with Gasteiger partial charge in [-0.05, 0) is 70.3 Å². The van der Waals surface area contributed by atoms with Crippen molar-refractivity contribution >= 4 is 21.8 Å². The van der Waals surface area contributed by atoms with Crippen LogP contribution in [0, 0.1) is 5.92 Å². The maximum atomic E-state index is 12.6. The average molecular weight is 379 g/mol. The van der Waals surface area contributed by atoms with Gasteiger partial charge in [0.15, 0.2) is 0 Å². The van der Waals surface area contributed by atoms with Gasteiger partial charge in [0, 0.05) is 18.2 Å². The summed E-state index contributed by atoms with van der Waals surface area (Å²) in [5, 5.41) is 6.19. The third kappa shape index (κ3) is 3.48. The molecular formula is C18H25N3O4S. The Balaban J connectivity index is 1.70. The SMILES string of the molecule is CC(C)N1C(=O)c2ccc(C(=O)NCCC3CCCNC3)cc2S1(=O)=O. The Hall–Kier alpha value is -1.93. The second-order valence-corrected chi connectivity index (χ2v) is 8.95. The highest BCUT2D eigenvalue weighted by atomic mass is 32.2. The van der Waals surface area contributed by atoms with E-state index in [9.17, 15) is 18.0 Å². The second kappa shape index (κ2) is 7.36. The molecule has 0 aliphatic carbocycles. The van der Waals surface area contributed by atoms with E-state index >= 15 is 0 Å². The minimum Gasteiger partial charge on any atom is -0.352 e. The van der Waals surface area contributed by atoms with Gasteiger partial charge < -0.3 is 10.6 Å². The molecule has 26 heavy (non-hydrogen) atoms. The lowest BCUT2D eigenvalue weighted by atomic mass is 9.96. The predicted molar refractivity (Wildman–Crippen MR) is 97.5 cm³/mol. The van der Waals surface area contributed by atoms with Crippen molar-refractivity contribution in [1.29, 1.82) is 0 Å². The number of fused-ring (bicyclic) bond motifs is 1. The van der Waals surface area contributed by atoms with Crippen LogP contribution in [0.15, 0.2) is 23.1 Å². The number of carbonyl (C=O) groups is 2. The molecular weight excluding hydrogens is 354 g/mol. The van der Waals surface area contributed by atoms with Crippen LogP contribution in [0.25, 0.3) is 0 Å². The van der Waals surface area contributed by atoms with Crippen LogP contribution < -0.4 is 10.6 Å². The molecule has 1 aromatic carbocycles.